The molecule has 0 aliphatic heterocycles. The van der Waals surface area contributed by atoms with E-state index < -0.39 is 0 Å². The number of carbonyl (C=O) groups excluding carboxylic acids is 1. The predicted octanol–water partition coefficient (Wildman–Crippen LogP) is 2.47. The van der Waals surface area contributed by atoms with Gasteiger partial charge in [0.05, 0.1) is 6.61 Å². The number of hydrogen-bond acceptors (Lipinski definition) is 3. The van der Waals surface area contributed by atoms with Crippen LogP contribution in [0, 0.1) is 0 Å². The lowest BCUT2D eigenvalue weighted by molar-refractivity contribution is 0.0940. The second-order valence-electron chi connectivity index (χ2n) is 5.19. The number of hydrogen-bond donors (Lipinski definition) is 3. The molecule has 0 saturated carbocycles. The van der Waals surface area contributed by atoms with Crippen molar-refractivity contribution in [3.63, 3.8) is 0 Å². The minimum atomic E-state index is -0.234. The molecule has 5 heteroatoms. The zero-order valence-corrected chi connectivity index (χ0v) is 12.6. The molecular formula is C18H18N2O3. The lowest BCUT2D eigenvalue weighted by Gasteiger charge is -2.06. The first kappa shape index (κ1) is 15.1. The van der Waals surface area contributed by atoms with E-state index in [-0.39, 0.29) is 19.1 Å². The second-order valence-corrected chi connectivity index (χ2v) is 5.19. The molecule has 0 radical (unpaired) electrons. The average molecular weight is 310 g/mol. The summed E-state index contributed by atoms with van der Waals surface area (Å²) in [5, 5.41) is 12.3. The van der Waals surface area contributed by atoms with Crippen LogP contribution in [-0.2, 0) is 6.61 Å². The fourth-order valence-electron chi connectivity index (χ4n) is 2.32. The van der Waals surface area contributed by atoms with Gasteiger partial charge in [0.1, 0.15) is 18.1 Å². The van der Waals surface area contributed by atoms with E-state index in [1.54, 1.807) is 6.07 Å². The molecule has 1 amide bonds. The number of aromatic amines is 1. The van der Waals surface area contributed by atoms with Gasteiger partial charge in [0.25, 0.3) is 5.91 Å². The van der Waals surface area contributed by atoms with E-state index in [2.05, 4.69) is 10.3 Å². The Morgan fingerprint density at radius 1 is 1.13 bits per heavy atom. The van der Waals surface area contributed by atoms with Crippen molar-refractivity contribution in [2.45, 2.75) is 6.61 Å². The molecule has 5 nitrogen and oxygen atoms in total. The molecule has 1 aromatic heterocycles. The predicted molar refractivity (Wildman–Crippen MR) is 88.5 cm³/mol. The summed E-state index contributed by atoms with van der Waals surface area (Å²) in [6.07, 6.45) is 0. The maximum Gasteiger partial charge on any atom is 0.267 e. The Morgan fingerprint density at radius 3 is 2.74 bits per heavy atom. The number of rotatable bonds is 6. The third-order valence-corrected chi connectivity index (χ3v) is 3.48. The first-order valence-electron chi connectivity index (χ1n) is 7.45. The number of benzene rings is 2. The van der Waals surface area contributed by atoms with Crippen LogP contribution in [0.3, 0.4) is 0 Å². The number of amides is 1. The third-order valence-electron chi connectivity index (χ3n) is 3.48. The maximum absolute atomic E-state index is 11.9. The van der Waals surface area contributed by atoms with Crippen molar-refractivity contribution in [2.75, 3.05) is 13.2 Å². The van der Waals surface area contributed by atoms with Crippen LogP contribution in [0.5, 0.6) is 5.75 Å². The number of aliphatic hydroxyl groups excluding tert-OH is 1. The van der Waals surface area contributed by atoms with Gasteiger partial charge in [-0.1, -0.05) is 30.3 Å². The molecule has 0 aliphatic rings. The van der Waals surface area contributed by atoms with Crippen molar-refractivity contribution in [1.29, 1.82) is 0 Å². The van der Waals surface area contributed by atoms with E-state index in [1.807, 2.05) is 48.5 Å². The molecule has 3 rings (SSSR count). The lowest BCUT2D eigenvalue weighted by atomic mass is 10.2. The minimum absolute atomic E-state index is 0.0799. The number of H-pyrrole nitrogens is 1. The molecule has 0 unspecified atom stereocenters. The van der Waals surface area contributed by atoms with Crippen LogP contribution in [0.1, 0.15) is 16.1 Å². The standard InChI is InChI=1S/C18H18N2O3/c21-9-8-19-18(22)17-10-14-6-7-15(11-16(14)20-17)23-12-13-4-2-1-3-5-13/h1-7,10-11,20-21H,8-9,12H2,(H,19,22). The minimum Gasteiger partial charge on any atom is -0.489 e. The molecule has 0 atom stereocenters. The highest BCUT2D eigenvalue weighted by molar-refractivity contribution is 5.98. The molecule has 3 aromatic rings. The summed E-state index contributed by atoms with van der Waals surface area (Å²) in [5.74, 6) is 0.507. The van der Waals surface area contributed by atoms with Crippen LogP contribution < -0.4 is 10.1 Å². The van der Waals surface area contributed by atoms with E-state index in [4.69, 9.17) is 9.84 Å². The van der Waals surface area contributed by atoms with Gasteiger partial charge in [-0.2, -0.15) is 0 Å². The van der Waals surface area contributed by atoms with Gasteiger partial charge in [-0.3, -0.25) is 4.79 Å². The van der Waals surface area contributed by atoms with E-state index in [0.717, 1.165) is 22.2 Å². The first-order chi connectivity index (χ1) is 11.3. The van der Waals surface area contributed by atoms with Crippen LogP contribution in [0.2, 0.25) is 0 Å². The molecule has 0 saturated heterocycles. The molecule has 0 aliphatic carbocycles. The van der Waals surface area contributed by atoms with Crippen LogP contribution in [0.25, 0.3) is 10.9 Å². The Bertz CT molecular complexity index is 796. The SMILES string of the molecule is O=C(NCCO)c1cc2ccc(OCc3ccccc3)cc2[nH]1. The monoisotopic (exact) mass is 310 g/mol. The lowest BCUT2D eigenvalue weighted by Crippen LogP contribution is -2.26. The van der Waals surface area contributed by atoms with E-state index in [0.29, 0.717) is 12.3 Å². The van der Waals surface area contributed by atoms with E-state index in [1.165, 1.54) is 0 Å². The van der Waals surface area contributed by atoms with Crippen molar-refractivity contribution in [2.24, 2.45) is 0 Å². The maximum atomic E-state index is 11.9. The fourth-order valence-corrected chi connectivity index (χ4v) is 2.32. The highest BCUT2D eigenvalue weighted by atomic mass is 16.5. The Morgan fingerprint density at radius 2 is 1.96 bits per heavy atom. The highest BCUT2D eigenvalue weighted by Gasteiger charge is 2.09. The van der Waals surface area contributed by atoms with Gasteiger partial charge in [-0.25, -0.2) is 0 Å². The van der Waals surface area contributed by atoms with Crippen molar-refractivity contribution in [3.8, 4) is 5.75 Å². The van der Waals surface area contributed by atoms with Crippen molar-refractivity contribution in [3.05, 3.63) is 65.9 Å². The Balaban J connectivity index is 1.72. The van der Waals surface area contributed by atoms with Crippen molar-refractivity contribution >= 4 is 16.8 Å². The Labute approximate surface area is 133 Å². The molecule has 0 fully saturated rings. The molecular weight excluding hydrogens is 292 g/mol. The normalized spacial score (nSPS) is 10.7. The zero-order chi connectivity index (χ0) is 16.1. The largest absolute Gasteiger partial charge is 0.489 e. The molecule has 3 N–H and O–H groups in total. The number of aliphatic hydroxyl groups is 1. The van der Waals surface area contributed by atoms with Crippen LogP contribution in [0.4, 0.5) is 0 Å². The van der Waals surface area contributed by atoms with Crippen LogP contribution >= 0.6 is 0 Å². The zero-order valence-electron chi connectivity index (χ0n) is 12.6. The number of ether oxygens (including phenoxy) is 1. The van der Waals surface area contributed by atoms with Gasteiger partial charge >= 0.3 is 0 Å². The summed E-state index contributed by atoms with van der Waals surface area (Å²) < 4.78 is 5.78. The first-order valence-corrected chi connectivity index (χ1v) is 7.45. The van der Waals surface area contributed by atoms with Crippen molar-refractivity contribution < 1.29 is 14.6 Å². The third kappa shape index (κ3) is 3.70. The summed E-state index contributed by atoms with van der Waals surface area (Å²) in [5.41, 5.74) is 2.40. The Kier molecular flexibility index (Phi) is 4.59. The average Bonchev–Trinajstić information content (AvgIpc) is 3.02. The summed E-state index contributed by atoms with van der Waals surface area (Å²) in [6, 6.07) is 17.4. The molecule has 0 spiro atoms. The summed E-state index contributed by atoms with van der Waals surface area (Å²) in [6.45, 7) is 0.653. The molecule has 0 bridgehead atoms. The van der Waals surface area contributed by atoms with Crippen LogP contribution in [0.15, 0.2) is 54.6 Å². The van der Waals surface area contributed by atoms with Gasteiger partial charge in [0, 0.05) is 23.5 Å². The molecule has 118 valence electrons. The Hall–Kier alpha value is -2.79. The number of carbonyl (C=O) groups is 1. The topological polar surface area (TPSA) is 74.3 Å². The van der Waals surface area contributed by atoms with E-state index in [9.17, 15) is 4.79 Å². The molecule has 1 heterocycles. The smallest absolute Gasteiger partial charge is 0.267 e. The fraction of sp³-hybridized carbons (Fsp3) is 0.167. The van der Waals surface area contributed by atoms with Gasteiger partial charge in [0.2, 0.25) is 0 Å². The highest BCUT2D eigenvalue weighted by Crippen LogP contribution is 2.22. The van der Waals surface area contributed by atoms with E-state index >= 15 is 0 Å². The van der Waals surface area contributed by atoms with Gasteiger partial charge < -0.3 is 20.1 Å². The summed E-state index contributed by atoms with van der Waals surface area (Å²) in [4.78, 5) is 15.0. The van der Waals surface area contributed by atoms with Crippen molar-refractivity contribution in [1.82, 2.24) is 10.3 Å². The van der Waals surface area contributed by atoms with Crippen LogP contribution in [-0.4, -0.2) is 29.1 Å². The molecule has 2 aromatic carbocycles. The second kappa shape index (κ2) is 6.98. The summed E-state index contributed by atoms with van der Waals surface area (Å²) >= 11 is 0. The van der Waals surface area contributed by atoms with Gasteiger partial charge in [-0.15, -0.1) is 0 Å². The number of nitrogens with one attached hydrogen (secondary N) is 2. The quantitative estimate of drug-likeness (QED) is 0.655. The summed E-state index contributed by atoms with van der Waals surface area (Å²) in [7, 11) is 0. The number of aromatic nitrogens is 1. The molecule has 23 heavy (non-hydrogen) atoms. The van der Waals surface area contributed by atoms with Gasteiger partial charge in [0.15, 0.2) is 0 Å². The van der Waals surface area contributed by atoms with Gasteiger partial charge in [-0.05, 0) is 23.8 Å². The number of fused-ring (bicyclic) bond motifs is 1.